The summed E-state index contributed by atoms with van der Waals surface area (Å²) in [5.74, 6) is 0. The van der Waals surface area contributed by atoms with Crippen molar-refractivity contribution in [1.82, 2.24) is 0 Å². The molecule has 0 N–H and O–H groups in total. The second kappa shape index (κ2) is 4.40. The highest BCUT2D eigenvalue weighted by molar-refractivity contribution is 9.09. The Bertz CT molecular complexity index is 450. The van der Waals surface area contributed by atoms with Crippen molar-refractivity contribution >= 4 is 33.2 Å². The van der Waals surface area contributed by atoms with E-state index >= 15 is 0 Å². The number of hydrogen-bond acceptors (Lipinski definition) is 1. The van der Waals surface area contributed by atoms with Crippen LogP contribution in [0.15, 0.2) is 29.3 Å². The first-order valence-corrected chi connectivity index (χ1v) is 7.28. The zero-order valence-corrected chi connectivity index (χ0v) is 12.8. The van der Waals surface area contributed by atoms with Gasteiger partial charge >= 0.3 is 0 Å². The van der Waals surface area contributed by atoms with E-state index < -0.39 is 0 Å². The third-order valence-corrected chi connectivity index (χ3v) is 4.71. The fourth-order valence-corrected chi connectivity index (χ4v) is 3.09. The molecule has 2 rings (SSSR count). The third kappa shape index (κ3) is 2.58. The molecule has 1 heterocycles. The minimum absolute atomic E-state index is 0.0124. The first-order chi connectivity index (χ1) is 7.86. The van der Waals surface area contributed by atoms with Crippen molar-refractivity contribution in [2.45, 2.75) is 32.7 Å². The molecule has 0 saturated heterocycles. The van der Waals surface area contributed by atoms with Crippen molar-refractivity contribution in [3.63, 3.8) is 0 Å². The molecule has 0 bridgehead atoms. The summed E-state index contributed by atoms with van der Waals surface area (Å²) in [7, 11) is 0. The molecule has 1 aromatic carbocycles. The number of nitrogens with zero attached hydrogens (tertiary/aromatic N) is 1. The van der Waals surface area contributed by atoms with Gasteiger partial charge in [-0.2, -0.15) is 0 Å². The number of rotatable bonds is 2. The van der Waals surface area contributed by atoms with Gasteiger partial charge in [-0.15, -0.1) is 0 Å². The molecule has 1 aliphatic heterocycles. The van der Waals surface area contributed by atoms with Gasteiger partial charge in [-0.1, -0.05) is 53.5 Å². The number of halogens is 2. The van der Waals surface area contributed by atoms with Crippen LogP contribution in [0.1, 0.15) is 32.8 Å². The summed E-state index contributed by atoms with van der Waals surface area (Å²) >= 11 is 9.49. The van der Waals surface area contributed by atoms with E-state index in [1.807, 2.05) is 12.1 Å². The molecule has 0 aliphatic carbocycles. The molecule has 17 heavy (non-hydrogen) atoms. The van der Waals surface area contributed by atoms with Crippen molar-refractivity contribution in [2.75, 3.05) is 5.33 Å². The number of aliphatic imine (C=N–C) groups is 1. The Hall–Kier alpha value is -0.340. The first kappa shape index (κ1) is 13.1. The molecule has 1 unspecified atom stereocenters. The lowest BCUT2D eigenvalue weighted by atomic mass is 9.79. The van der Waals surface area contributed by atoms with Crippen LogP contribution < -0.4 is 0 Å². The standard InChI is InChI=1S/C14H17BrClN/c1-13(2)8-14(3,9-15)17-12(13)10-4-6-11(16)7-5-10/h4-7H,8-9H2,1-3H3. The van der Waals surface area contributed by atoms with Crippen molar-refractivity contribution < 1.29 is 0 Å². The molecular weight excluding hydrogens is 298 g/mol. The van der Waals surface area contributed by atoms with Gasteiger partial charge in [0.15, 0.2) is 0 Å². The maximum Gasteiger partial charge on any atom is 0.0689 e. The lowest BCUT2D eigenvalue weighted by Crippen LogP contribution is -2.26. The number of alkyl halides is 1. The van der Waals surface area contributed by atoms with Crippen LogP contribution in [0, 0.1) is 5.41 Å². The molecule has 1 nitrogen and oxygen atoms in total. The Labute approximate surface area is 116 Å². The minimum atomic E-state index is 0.0124. The predicted molar refractivity (Wildman–Crippen MR) is 78.6 cm³/mol. The van der Waals surface area contributed by atoms with E-state index in [4.69, 9.17) is 16.6 Å². The van der Waals surface area contributed by atoms with E-state index in [9.17, 15) is 0 Å². The normalized spacial score (nSPS) is 27.0. The molecule has 92 valence electrons. The van der Waals surface area contributed by atoms with Gasteiger partial charge in [0.2, 0.25) is 0 Å². The van der Waals surface area contributed by atoms with Crippen LogP contribution in [0.2, 0.25) is 5.02 Å². The maximum atomic E-state index is 5.93. The van der Waals surface area contributed by atoms with Crippen LogP contribution >= 0.6 is 27.5 Å². The van der Waals surface area contributed by atoms with Crippen molar-refractivity contribution in [2.24, 2.45) is 10.4 Å². The van der Waals surface area contributed by atoms with E-state index in [2.05, 4.69) is 48.8 Å². The van der Waals surface area contributed by atoms with Gasteiger partial charge in [-0.3, -0.25) is 4.99 Å². The summed E-state index contributed by atoms with van der Waals surface area (Å²) in [6.45, 7) is 6.72. The smallest absolute Gasteiger partial charge is 0.0689 e. The fourth-order valence-electron chi connectivity index (χ4n) is 2.64. The summed E-state index contributed by atoms with van der Waals surface area (Å²) in [6.07, 6.45) is 1.07. The lowest BCUT2D eigenvalue weighted by molar-refractivity contribution is 0.398. The van der Waals surface area contributed by atoms with Crippen LogP contribution in [-0.4, -0.2) is 16.6 Å². The molecule has 0 aromatic heterocycles. The minimum Gasteiger partial charge on any atom is -0.281 e. The SMILES string of the molecule is CC1(CBr)CC(C)(C)C(c2ccc(Cl)cc2)=N1. The van der Waals surface area contributed by atoms with E-state index in [1.54, 1.807) is 0 Å². The van der Waals surface area contributed by atoms with Gasteiger partial charge in [0.05, 0.1) is 5.54 Å². The van der Waals surface area contributed by atoms with Crippen molar-refractivity contribution in [3.05, 3.63) is 34.9 Å². The van der Waals surface area contributed by atoms with Gasteiger partial charge in [0.1, 0.15) is 0 Å². The number of benzene rings is 1. The first-order valence-electron chi connectivity index (χ1n) is 5.79. The third-order valence-electron chi connectivity index (χ3n) is 3.25. The van der Waals surface area contributed by atoms with E-state index in [0.29, 0.717) is 0 Å². The van der Waals surface area contributed by atoms with Crippen LogP contribution in [0.25, 0.3) is 0 Å². The lowest BCUT2D eigenvalue weighted by Gasteiger charge is -2.24. The molecular formula is C14H17BrClN. The monoisotopic (exact) mass is 313 g/mol. The van der Waals surface area contributed by atoms with Crippen LogP contribution in [0.5, 0.6) is 0 Å². The highest BCUT2D eigenvalue weighted by Crippen LogP contribution is 2.42. The molecule has 0 saturated carbocycles. The quantitative estimate of drug-likeness (QED) is 0.701. The van der Waals surface area contributed by atoms with Gasteiger partial charge in [-0.25, -0.2) is 0 Å². The molecule has 0 radical (unpaired) electrons. The predicted octanol–water partition coefficient (Wildman–Crippen LogP) is 4.71. The highest BCUT2D eigenvalue weighted by atomic mass is 79.9. The summed E-state index contributed by atoms with van der Waals surface area (Å²) in [5, 5.41) is 1.67. The van der Waals surface area contributed by atoms with Gasteiger partial charge in [0, 0.05) is 21.5 Å². The van der Waals surface area contributed by atoms with Gasteiger partial charge in [-0.05, 0) is 31.0 Å². The second-order valence-electron chi connectivity index (χ2n) is 5.66. The zero-order chi connectivity index (χ0) is 12.7. The maximum absolute atomic E-state index is 5.93. The van der Waals surface area contributed by atoms with Crippen LogP contribution in [0.4, 0.5) is 0 Å². The van der Waals surface area contributed by atoms with E-state index in [0.717, 1.165) is 16.8 Å². The Morgan fingerprint density at radius 3 is 2.29 bits per heavy atom. The average Bonchev–Trinajstić information content (AvgIpc) is 2.51. The molecule has 0 amide bonds. The summed E-state index contributed by atoms with van der Waals surface area (Å²) in [6, 6.07) is 7.98. The van der Waals surface area contributed by atoms with Crippen LogP contribution in [0.3, 0.4) is 0 Å². The molecule has 1 atom stereocenters. The van der Waals surface area contributed by atoms with E-state index in [-0.39, 0.29) is 11.0 Å². The molecule has 3 heteroatoms. The van der Waals surface area contributed by atoms with E-state index in [1.165, 1.54) is 11.3 Å². The fraction of sp³-hybridized carbons (Fsp3) is 0.500. The molecule has 0 fully saturated rings. The average molecular weight is 315 g/mol. The number of hydrogen-bond donors (Lipinski definition) is 0. The Morgan fingerprint density at radius 1 is 1.24 bits per heavy atom. The Balaban J connectivity index is 2.43. The molecule has 1 aromatic rings. The van der Waals surface area contributed by atoms with Gasteiger partial charge < -0.3 is 0 Å². The largest absolute Gasteiger partial charge is 0.281 e. The molecule has 0 spiro atoms. The summed E-state index contributed by atoms with van der Waals surface area (Å²) in [4.78, 5) is 4.92. The summed E-state index contributed by atoms with van der Waals surface area (Å²) < 4.78 is 0. The molecule has 1 aliphatic rings. The zero-order valence-electron chi connectivity index (χ0n) is 10.4. The topological polar surface area (TPSA) is 12.4 Å². The van der Waals surface area contributed by atoms with Crippen molar-refractivity contribution in [1.29, 1.82) is 0 Å². The van der Waals surface area contributed by atoms with Crippen molar-refractivity contribution in [3.8, 4) is 0 Å². The summed E-state index contributed by atoms with van der Waals surface area (Å²) in [5.41, 5.74) is 2.51. The Morgan fingerprint density at radius 2 is 1.82 bits per heavy atom. The highest BCUT2D eigenvalue weighted by Gasteiger charge is 2.42. The van der Waals surface area contributed by atoms with Crippen LogP contribution in [-0.2, 0) is 0 Å². The second-order valence-corrected chi connectivity index (χ2v) is 6.66. The van der Waals surface area contributed by atoms with Gasteiger partial charge in [0.25, 0.3) is 0 Å². The Kier molecular flexibility index (Phi) is 3.39.